The molecule has 0 saturated carbocycles. The first-order valence-corrected chi connectivity index (χ1v) is 8.87. The predicted molar refractivity (Wildman–Crippen MR) is 104 cm³/mol. The van der Waals surface area contributed by atoms with Crippen LogP contribution in [-0.2, 0) is 4.79 Å². The first-order valence-electron chi connectivity index (χ1n) is 8.87. The average Bonchev–Trinajstić information content (AvgIpc) is 2.91. The second-order valence-corrected chi connectivity index (χ2v) is 6.21. The summed E-state index contributed by atoms with van der Waals surface area (Å²) >= 11 is 0. The molecule has 1 aliphatic rings. The monoisotopic (exact) mass is 374 g/mol. The Hall–Kier alpha value is -3.80. The summed E-state index contributed by atoms with van der Waals surface area (Å²) in [5.41, 5.74) is 0.967. The van der Waals surface area contributed by atoms with E-state index in [-0.39, 0.29) is 12.5 Å². The molecule has 0 radical (unpaired) electrons. The number of rotatable bonds is 4. The molecule has 1 heterocycles. The lowest BCUT2D eigenvalue weighted by atomic mass is 10.2. The van der Waals surface area contributed by atoms with Crippen LogP contribution in [0.15, 0.2) is 84.9 Å². The molecule has 0 spiro atoms. The maximum absolute atomic E-state index is 13.1. The molecule has 6 nitrogen and oxygen atoms in total. The Bertz CT molecular complexity index is 976. The molecule has 28 heavy (non-hydrogen) atoms. The summed E-state index contributed by atoms with van der Waals surface area (Å²) in [4.78, 5) is 31.9. The fourth-order valence-corrected chi connectivity index (χ4v) is 2.88. The van der Waals surface area contributed by atoms with Crippen molar-refractivity contribution >= 4 is 17.5 Å². The molecule has 140 valence electrons. The summed E-state index contributed by atoms with van der Waals surface area (Å²) < 4.78 is 5.78. The van der Waals surface area contributed by atoms with Crippen LogP contribution in [0.5, 0.6) is 11.5 Å². The van der Waals surface area contributed by atoms with Gasteiger partial charge < -0.3 is 14.9 Å². The molecule has 1 aliphatic heterocycles. The number of ether oxygens (including phenoxy) is 1. The van der Waals surface area contributed by atoms with Gasteiger partial charge in [-0.15, -0.1) is 0 Å². The Morgan fingerprint density at radius 3 is 2.32 bits per heavy atom. The lowest BCUT2D eigenvalue weighted by molar-refractivity contribution is -0.133. The fourth-order valence-electron chi connectivity index (χ4n) is 2.88. The smallest absolute Gasteiger partial charge is 0.287 e. The van der Waals surface area contributed by atoms with Crippen molar-refractivity contribution in [3.63, 3.8) is 0 Å². The highest BCUT2D eigenvalue weighted by Gasteiger charge is 2.36. The minimum Gasteiger partial charge on any atom is -0.489 e. The summed E-state index contributed by atoms with van der Waals surface area (Å²) in [6.07, 6.45) is 0. The molecule has 0 aromatic heterocycles. The molecule has 1 N–H and O–H groups in total. The molecular formula is C22H18N2O4. The van der Waals surface area contributed by atoms with Gasteiger partial charge in [-0.2, -0.15) is 5.06 Å². The number of hydrogen-bond donors (Lipinski definition) is 1. The summed E-state index contributed by atoms with van der Waals surface area (Å²) in [6.45, 7) is -0.0335. The minimum absolute atomic E-state index is 0.0335. The van der Waals surface area contributed by atoms with E-state index in [1.807, 2.05) is 18.2 Å². The van der Waals surface area contributed by atoms with Gasteiger partial charge in [0, 0.05) is 5.56 Å². The van der Waals surface area contributed by atoms with E-state index in [2.05, 4.69) is 5.32 Å². The highest BCUT2D eigenvalue weighted by atomic mass is 16.7. The molecule has 0 unspecified atom stereocenters. The molecule has 0 saturated heterocycles. The number of amides is 2. The van der Waals surface area contributed by atoms with E-state index in [4.69, 9.17) is 9.57 Å². The topological polar surface area (TPSA) is 67.9 Å². The minimum atomic E-state index is -0.972. The van der Waals surface area contributed by atoms with Gasteiger partial charge in [-0.25, -0.2) is 0 Å². The van der Waals surface area contributed by atoms with Crippen LogP contribution in [0.25, 0.3) is 0 Å². The van der Waals surface area contributed by atoms with Crippen LogP contribution in [0.3, 0.4) is 0 Å². The number of nitrogens with one attached hydrogen (secondary N) is 1. The average molecular weight is 374 g/mol. The van der Waals surface area contributed by atoms with Crippen molar-refractivity contribution in [1.82, 2.24) is 5.06 Å². The number of benzene rings is 3. The SMILES string of the molecule is O=C1Nc2ccccc2OC[C@@H]1N(Oc1ccccc1)C(=O)c1ccccc1. The van der Waals surface area contributed by atoms with E-state index < -0.39 is 11.9 Å². The van der Waals surface area contributed by atoms with Crippen molar-refractivity contribution in [1.29, 1.82) is 0 Å². The van der Waals surface area contributed by atoms with Crippen LogP contribution in [0.2, 0.25) is 0 Å². The first-order chi connectivity index (χ1) is 13.7. The molecular weight excluding hydrogens is 356 g/mol. The van der Waals surface area contributed by atoms with Gasteiger partial charge in [0.05, 0.1) is 5.69 Å². The number of para-hydroxylation sites is 3. The maximum Gasteiger partial charge on any atom is 0.287 e. The van der Waals surface area contributed by atoms with Gasteiger partial charge in [-0.05, 0) is 36.4 Å². The van der Waals surface area contributed by atoms with Crippen molar-refractivity contribution in [3.05, 3.63) is 90.5 Å². The third kappa shape index (κ3) is 3.66. The van der Waals surface area contributed by atoms with Crippen molar-refractivity contribution in [2.75, 3.05) is 11.9 Å². The van der Waals surface area contributed by atoms with E-state index in [1.165, 1.54) is 0 Å². The quantitative estimate of drug-likeness (QED) is 0.710. The van der Waals surface area contributed by atoms with Crippen LogP contribution < -0.4 is 14.9 Å². The van der Waals surface area contributed by atoms with E-state index in [0.717, 1.165) is 5.06 Å². The van der Waals surface area contributed by atoms with E-state index in [1.54, 1.807) is 66.7 Å². The Labute approximate surface area is 162 Å². The highest BCUT2D eigenvalue weighted by molar-refractivity contribution is 6.01. The second kappa shape index (κ2) is 7.84. The van der Waals surface area contributed by atoms with Crippen LogP contribution in [0, 0.1) is 0 Å². The van der Waals surface area contributed by atoms with Crippen molar-refractivity contribution in [2.45, 2.75) is 6.04 Å². The molecule has 0 fully saturated rings. The van der Waals surface area contributed by atoms with Gasteiger partial charge in [-0.1, -0.05) is 48.5 Å². The van der Waals surface area contributed by atoms with Crippen LogP contribution in [0.1, 0.15) is 10.4 Å². The van der Waals surface area contributed by atoms with E-state index in [9.17, 15) is 9.59 Å². The third-order valence-corrected chi connectivity index (χ3v) is 4.30. The van der Waals surface area contributed by atoms with Gasteiger partial charge in [0.25, 0.3) is 11.8 Å². The zero-order valence-electron chi connectivity index (χ0n) is 14.9. The van der Waals surface area contributed by atoms with Gasteiger partial charge >= 0.3 is 0 Å². The Morgan fingerprint density at radius 1 is 0.929 bits per heavy atom. The normalized spacial score (nSPS) is 15.4. The number of nitrogens with zero attached hydrogens (tertiary/aromatic N) is 1. The standard InChI is InChI=1S/C22H18N2O4/c25-21-19(15-27-20-14-8-7-13-18(20)23-21)24(28-17-11-5-2-6-12-17)22(26)16-9-3-1-4-10-16/h1-14,19H,15H2,(H,23,25)/t19-/m0/s1. The first kappa shape index (κ1) is 17.6. The highest BCUT2D eigenvalue weighted by Crippen LogP contribution is 2.28. The maximum atomic E-state index is 13.1. The fraction of sp³-hybridized carbons (Fsp3) is 0.0909. The van der Waals surface area contributed by atoms with Gasteiger partial charge in [0.2, 0.25) is 0 Å². The van der Waals surface area contributed by atoms with Crippen LogP contribution in [0.4, 0.5) is 5.69 Å². The molecule has 0 bridgehead atoms. The second-order valence-electron chi connectivity index (χ2n) is 6.21. The number of carbonyl (C=O) groups excluding carboxylic acids is 2. The van der Waals surface area contributed by atoms with Crippen molar-refractivity contribution in [2.24, 2.45) is 0 Å². The summed E-state index contributed by atoms with van der Waals surface area (Å²) in [7, 11) is 0. The van der Waals surface area contributed by atoms with E-state index >= 15 is 0 Å². The summed E-state index contributed by atoms with van der Waals surface area (Å²) in [6, 6.07) is 23.7. The molecule has 3 aromatic carbocycles. The van der Waals surface area contributed by atoms with Crippen LogP contribution in [-0.4, -0.2) is 29.5 Å². The lowest BCUT2D eigenvalue weighted by Gasteiger charge is -2.28. The zero-order valence-corrected chi connectivity index (χ0v) is 14.9. The number of hydroxylamine groups is 2. The van der Waals surface area contributed by atoms with Gasteiger partial charge in [-0.3, -0.25) is 9.59 Å². The number of hydrogen-bond acceptors (Lipinski definition) is 4. The number of carbonyl (C=O) groups is 2. The Morgan fingerprint density at radius 2 is 1.57 bits per heavy atom. The van der Waals surface area contributed by atoms with Crippen LogP contribution >= 0.6 is 0 Å². The number of anilines is 1. The lowest BCUT2D eigenvalue weighted by Crippen LogP contribution is -2.51. The largest absolute Gasteiger partial charge is 0.489 e. The summed E-state index contributed by atoms with van der Waals surface area (Å²) in [5.74, 6) is 0.177. The van der Waals surface area contributed by atoms with Crippen molar-refractivity contribution < 1.29 is 19.2 Å². The zero-order chi connectivity index (χ0) is 19.3. The Balaban J connectivity index is 1.66. The Kier molecular flexibility index (Phi) is 4.93. The van der Waals surface area contributed by atoms with Gasteiger partial charge in [0.15, 0.2) is 11.8 Å². The molecule has 3 aromatic rings. The van der Waals surface area contributed by atoms with E-state index in [0.29, 0.717) is 22.7 Å². The summed E-state index contributed by atoms with van der Waals surface area (Å²) in [5, 5.41) is 3.88. The molecule has 6 heteroatoms. The third-order valence-electron chi connectivity index (χ3n) is 4.30. The predicted octanol–water partition coefficient (Wildman–Crippen LogP) is 3.52. The van der Waals surface area contributed by atoms with Gasteiger partial charge in [0.1, 0.15) is 12.4 Å². The molecule has 0 aliphatic carbocycles. The van der Waals surface area contributed by atoms with Crippen molar-refractivity contribution in [3.8, 4) is 11.5 Å². The molecule has 4 rings (SSSR count). The number of fused-ring (bicyclic) bond motifs is 1. The molecule has 2 amide bonds. The molecule has 1 atom stereocenters.